The van der Waals surface area contributed by atoms with E-state index in [0.717, 1.165) is 0 Å². The Bertz CT molecular complexity index is 826. The van der Waals surface area contributed by atoms with Crippen molar-refractivity contribution in [3.05, 3.63) is 60.7 Å². The highest BCUT2D eigenvalue weighted by Crippen LogP contribution is 2.25. The Kier molecular flexibility index (Phi) is 5.12. The van der Waals surface area contributed by atoms with Gasteiger partial charge in [0.05, 0.1) is 48.4 Å². The lowest BCUT2D eigenvalue weighted by Crippen LogP contribution is -2.15. The van der Waals surface area contributed by atoms with E-state index in [-0.39, 0.29) is 13.2 Å². The summed E-state index contributed by atoms with van der Waals surface area (Å²) in [5.41, 5.74) is 1.57. The summed E-state index contributed by atoms with van der Waals surface area (Å²) in [4.78, 5) is 33.0. The van der Waals surface area contributed by atoms with Crippen molar-refractivity contribution in [3.8, 4) is 11.4 Å². The van der Waals surface area contributed by atoms with Crippen molar-refractivity contribution in [2.45, 2.75) is 13.8 Å². The molecule has 0 saturated carbocycles. The van der Waals surface area contributed by atoms with Gasteiger partial charge in [0, 0.05) is 24.8 Å². The average Bonchev–Trinajstić information content (AvgIpc) is 3.34. The third kappa shape index (κ3) is 3.34. The first-order valence-electron chi connectivity index (χ1n) is 8.14. The number of benzene rings is 1. The van der Waals surface area contributed by atoms with E-state index in [1.165, 1.54) is 0 Å². The van der Waals surface area contributed by atoms with Crippen LogP contribution in [0.1, 0.15) is 34.6 Å². The molecular formula is C18H18N4O4. The number of aromatic nitrogens is 4. The lowest BCUT2D eigenvalue weighted by molar-refractivity contribution is 0.0511. The summed E-state index contributed by atoms with van der Waals surface area (Å²) in [5, 5.41) is 0. The molecule has 2 aromatic heterocycles. The van der Waals surface area contributed by atoms with E-state index in [2.05, 4.69) is 9.97 Å². The molecule has 0 amide bonds. The highest BCUT2D eigenvalue weighted by atomic mass is 16.5. The molecule has 0 aliphatic carbocycles. The number of imidazole rings is 2. The smallest absolute Gasteiger partial charge is 0.340 e. The molecule has 0 saturated heterocycles. The highest BCUT2D eigenvalue weighted by molar-refractivity contribution is 6.00. The van der Waals surface area contributed by atoms with Gasteiger partial charge in [0.2, 0.25) is 0 Å². The number of hydrogen-bond acceptors (Lipinski definition) is 6. The summed E-state index contributed by atoms with van der Waals surface area (Å²) in [5.74, 6) is -0.985. The molecule has 0 N–H and O–H groups in total. The summed E-state index contributed by atoms with van der Waals surface area (Å²) in [6.45, 7) is 3.95. The monoisotopic (exact) mass is 354 g/mol. The minimum atomic E-state index is -0.493. The number of carbonyl (C=O) groups excluding carboxylic acids is 2. The van der Waals surface area contributed by atoms with E-state index < -0.39 is 11.9 Å². The van der Waals surface area contributed by atoms with Crippen molar-refractivity contribution < 1.29 is 19.1 Å². The Labute approximate surface area is 150 Å². The molecule has 2 heterocycles. The van der Waals surface area contributed by atoms with Crippen LogP contribution in [-0.2, 0) is 9.47 Å². The quantitative estimate of drug-likeness (QED) is 0.632. The van der Waals surface area contributed by atoms with Crippen LogP contribution in [-0.4, -0.2) is 44.3 Å². The first kappa shape index (κ1) is 17.4. The van der Waals surface area contributed by atoms with Gasteiger partial charge in [-0.1, -0.05) is 0 Å². The van der Waals surface area contributed by atoms with Gasteiger partial charge < -0.3 is 18.6 Å². The zero-order valence-electron chi connectivity index (χ0n) is 14.5. The molecule has 0 unspecified atom stereocenters. The first-order chi connectivity index (χ1) is 12.7. The highest BCUT2D eigenvalue weighted by Gasteiger charge is 2.22. The van der Waals surface area contributed by atoms with Crippen molar-refractivity contribution in [2.75, 3.05) is 13.2 Å². The fourth-order valence-corrected chi connectivity index (χ4v) is 2.55. The zero-order valence-corrected chi connectivity index (χ0v) is 14.5. The molecule has 1 aromatic carbocycles. The molecule has 0 aliphatic heterocycles. The van der Waals surface area contributed by atoms with Crippen LogP contribution in [0.3, 0.4) is 0 Å². The Morgan fingerprint density at radius 2 is 1.27 bits per heavy atom. The largest absolute Gasteiger partial charge is 0.462 e. The van der Waals surface area contributed by atoms with Crippen molar-refractivity contribution in [1.29, 1.82) is 0 Å². The van der Waals surface area contributed by atoms with Gasteiger partial charge in [0.25, 0.3) is 0 Å². The maximum atomic E-state index is 12.5. The number of esters is 2. The standard InChI is InChI=1S/C18H18N4O4/c1-3-25-17(23)13-9-16(22-8-6-20-12-22)14(18(24)26-4-2)10-15(13)21-7-5-19-11-21/h5-12H,3-4H2,1-2H3. The predicted octanol–water partition coefficient (Wildman–Crippen LogP) is 2.41. The van der Waals surface area contributed by atoms with Gasteiger partial charge in [-0.2, -0.15) is 0 Å². The summed E-state index contributed by atoms with van der Waals surface area (Å²) < 4.78 is 13.6. The predicted molar refractivity (Wildman–Crippen MR) is 92.6 cm³/mol. The van der Waals surface area contributed by atoms with E-state index in [4.69, 9.17) is 9.47 Å². The number of carbonyl (C=O) groups is 2. The molecule has 8 heteroatoms. The van der Waals surface area contributed by atoms with Crippen LogP contribution in [0.15, 0.2) is 49.6 Å². The maximum Gasteiger partial charge on any atom is 0.340 e. The summed E-state index contributed by atoms with van der Waals surface area (Å²) in [6.07, 6.45) is 9.63. The third-order valence-corrected chi connectivity index (χ3v) is 3.67. The first-order valence-corrected chi connectivity index (χ1v) is 8.14. The van der Waals surface area contributed by atoms with Gasteiger partial charge in [-0.15, -0.1) is 0 Å². The summed E-state index contributed by atoms with van der Waals surface area (Å²) in [7, 11) is 0. The van der Waals surface area contributed by atoms with Gasteiger partial charge >= 0.3 is 11.9 Å². The van der Waals surface area contributed by atoms with Crippen molar-refractivity contribution in [1.82, 2.24) is 19.1 Å². The second kappa shape index (κ2) is 7.64. The summed E-state index contributed by atoms with van der Waals surface area (Å²) in [6, 6.07) is 3.20. The zero-order chi connectivity index (χ0) is 18.5. The molecule has 0 spiro atoms. The van der Waals surface area contributed by atoms with Crippen molar-refractivity contribution in [2.24, 2.45) is 0 Å². The van der Waals surface area contributed by atoms with Crippen molar-refractivity contribution >= 4 is 11.9 Å². The number of rotatable bonds is 6. The molecule has 3 aromatic rings. The topological polar surface area (TPSA) is 88.2 Å². The van der Waals surface area contributed by atoms with Gasteiger partial charge in [-0.05, 0) is 26.0 Å². The van der Waals surface area contributed by atoms with E-state index in [0.29, 0.717) is 22.5 Å². The second-order valence-electron chi connectivity index (χ2n) is 5.27. The van der Waals surface area contributed by atoms with E-state index in [1.54, 1.807) is 72.6 Å². The molecule has 0 aliphatic rings. The third-order valence-electron chi connectivity index (χ3n) is 3.67. The van der Waals surface area contributed by atoms with Crippen LogP contribution in [0.4, 0.5) is 0 Å². The van der Waals surface area contributed by atoms with E-state index >= 15 is 0 Å². The molecular weight excluding hydrogens is 336 g/mol. The van der Waals surface area contributed by atoms with E-state index in [9.17, 15) is 9.59 Å². The van der Waals surface area contributed by atoms with Crippen LogP contribution >= 0.6 is 0 Å². The number of hydrogen-bond donors (Lipinski definition) is 0. The lowest BCUT2D eigenvalue weighted by Gasteiger charge is -2.16. The second-order valence-corrected chi connectivity index (χ2v) is 5.27. The van der Waals surface area contributed by atoms with Crippen LogP contribution in [0.2, 0.25) is 0 Å². The Morgan fingerprint density at radius 1 is 0.846 bits per heavy atom. The molecule has 0 fully saturated rings. The Morgan fingerprint density at radius 3 is 1.58 bits per heavy atom. The SMILES string of the molecule is CCOC(=O)c1cc(-n2ccnc2)c(C(=O)OCC)cc1-n1ccnc1. The maximum absolute atomic E-state index is 12.5. The van der Waals surface area contributed by atoms with Crippen LogP contribution < -0.4 is 0 Å². The minimum absolute atomic E-state index is 0.238. The molecule has 134 valence electrons. The van der Waals surface area contributed by atoms with Gasteiger partial charge in [0.15, 0.2) is 0 Å². The number of nitrogens with zero attached hydrogens (tertiary/aromatic N) is 4. The van der Waals surface area contributed by atoms with Crippen LogP contribution in [0.5, 0.6) is 0 Å². The van der Waals surface area contributed by atoms with Crippen molar-refractivity contribution in [3.63, 3.8) is 0 Å². The van der Waals surface area contributed by atoms with Gasteiger partial charge in [-0.3, -0.25) is 0 Å². The normalized spacial score (nSPS) is 10.5. The molecule has 8 nitrogen and oxygen atoms in total. The molecule has 26 heavy (non-hydrogen) atoms. The molecule has 0 atom stereocenters. The average molecular weight is 354 g/mol. The summed E-state index contributed by atoms with van der Waals surface area (Å²) >= 11 is 0. The van der Waals surface area contributed by atoms with Gasteiger partial charge in [0.1, 0.15) is 0 Å². The Hall–Kier alpha value is -3.42. The molecule has 0 radical (unpaired) electrons. The van der Waals surface area contributed by atoms with Crippen LogP contribution in [0, 0.1) is 0 Å². The van der Waals surface area contributed by atoms with E-state index in [1.807, 2.05) is 0 Å². The molecule has 0 bridgehead atoms. The fraction of sp³-hybridized carbons (Fsp3) is 0.222. The lowest BCUT2D eigenvalue weighted by atomic mass is 10.1. The Balaban J connectivity index is 2.25. The van der Waals surface area contributed by atoms with Gasteiger partial charge in [-0.25, -0.2) is 19.6 Å². The minimum Gasteiger partial charge on any atom is -0.462 e. The molecule has 3 rings (SSSR count). The van der Waals surface area contributed by atoms with Crippen LogP contribution in [0.25, 0.3) is 11.4 Å². The fourth-order valence-electron chi connectivity index (χ4n) is 2.55. The number of ether oxygens (including phenoxy) is 2.